The van der Waals surface area contributed by atoms with Crippen LogP contribution in [0.2, 0.25) is 0 Å². The largest absolute Gasteiger partial charge is 0.478 e. The fourth-order valence-corrected chi connectivity index (χ4v) is 2.41. The van der Waals surface area contributed by atoms with Crippen LogP contribution < -0.4 is 0 Å². The average Bonchev–Trinajstić information content (AvgIpc) is 2.39. The van der Waals surface area contributed by atoms with Crippen LogP contribution in [0.3, 0.4) is 0 Å². The van der Waals surface area contributed by atoms with Crippen LogP contribution in [-0.2, 0) is 9.53 Å². The van der Waals surface area contributed by atoms with Crippen LogP contribution in [0.1, 0.15) is 26.7 Å². The molecular weight excluding hydrogens is 268 g/mol. The van der Waals surface area contributed by atoms with Gasteiger partial charge in [0.25, 0.3) is 0 Å². The maximum atomic E-state index is 11.0. The smallest absolute Gasteiger partial charge is 0.331 e. The van der Waals surface area contributed by atoms with Gasteiger partial charge in [0.05, 0.1) is 12.7 Å². The molecule has 1 saturated heterocycles. The second kappa shape index (κ2) is 7.14. The Morgan fingerprint density at radius 3 is 2.10 bits per heavy atom. The number of rotatable bonds is 5. The van der Waals surface area contributed by atoms with Gasteiger partial charge in [-0.25, -0.2) is 4.79 Å². The van der Waals surface area contributed by atoms with E-state index in [4.69, 9.17) is 14.9 Å². The van der Waals surface area contributed by atoms with Crippen molar-refractivity contribution < 1.29 is 35.1 Å². The van der Waals surface area contributed by atoms with Gasteiger partial charge in [-0.05, 0) is 19.8 Å². The van der Waals surface area contributed by atoms with E-state index < -0.39 is 43.1 Å². The van der Waals surface area contributed by atoms with Crippen molar-refractivity contribution in [3.8, 4) is 0 Å². The summed E-state index contributed by atoms with van der Waals surface area (Å²) in [4.78, 5) is 11.0. The van der Waals surface area contributed by atoms with Crippen LogP contribution in [-0.4, -0.2) is 68.6 Å². The number of carbonyl (C=O) groups is 1. The quantitative estimate of drug-likeness (QED) is 0.412. The zero-order valence-electron chi connectivity index (χ0n) is 11.6. The number of hydrogen-bond acceptors (Lipinski definition) is 6. The van der Waals surface area contributed by atoms with Crippen molar-refractivity contribution in [3.05, 3.63) is 11.1 Å². The standard InChI is InChI=1S/C13H22O7/c1-3-7(13(18)19)6(2)4-8-10(15)12(17)11(16)9(5-14)20-8/h8-12,14-17H,3-5H2,1-2H3,(H,18,19)/t8-,9+,10-,11-,12+/m0/s1. The number of ether oxygens (including phenoxy) is 1. The van der Waals surface area contributed by atoms with Gasteiger partial charge >= 0.3 is 5.97 Å². The minimum absolute atomic E-state index is 0.108. The van der Waals surface area contributed by atoms with Gasteiger partial charge in [0.2, 0.25) is 0 Å². The lowest BCUT2D eigenvalue weighted by Crippen LogP contribution is -2.58. The predicted octanol–water partition coefficient (Wildman–Crippen LogP) is -0.970. The van der Waals surface area contributed by atoms with Gasteiger partial charge in [-0.3, -0.25) is 0 Å². The van der Waals surface area contributed by atoms with Crippen molar-refractivity contribution in [2.24, 2.45) is 0 Å². The first-order chi connectivity index (χ1) is 9.33. The normalized spacial score (nSPS) is 35.6. The Balaban J connectivity index is 2.88. The highest BCUT2D eigenvalue weighted by Gasteiger charge is 2.43. The third-order valence-corrected chi connectivity index (χ3v) is 3.63. The Hall–Kier alpha value is -0.990. The summed E-state index contributed by atoms with van der Waals surface area (Å²) in [6.07, 6.45) is -5.58. The van der Waals surface area contributed by atoms with Gasteiger partial charge in [0.15, 0.2) is 0 Å². The Labute approximate surface area is 117 Å². The Morgan fingerprint density at radius 2 is 1.65 bits per heavy atom. The third kappa shape index (κ3) is 3.56. The molecular formula is C13H22O7. The van der Waals surface area contributed by atoms with E-state index in [0.29, 0.717) is 12.0 Å². The van der Waals surface area contributed by atoms with Gasteiger partial charge in [0, 0.05) is 5.57 Å². The van der Waals surface area contributed by atoms with E-state index in [1.807, 2.05) is 0 Å². The molecule has 0 spiro atoms. The lowest BCUT2D eigenvalue weighted by molar-refractivity contribution is -0.228. The molecule has 0 aliphatic carbocycles. The molecule has 0 radical (unpaired) electrons. The fourth-order valence-electron chi connectivity index (χ4n) is 2.41. The molecule has 7 heteroatoms. The van der Waals surface area contributed by atoms with Crippen molar-refractivity contribution >= 4 is 5.97 Å². The number of carboxylic acid groups (broad SMARTS) is 1. The summed E-state index contributed by atoms with van der Waals surface area (Å²) >= 11 is 0. The maximum absolute atomic E-state index is 11.0. The number of aliphatic carboxylic acids is 1. The molecule has 0 aromatic heterocycles. The Morgan fingerprint density at radius 1 is 1.10 bits per heavy atom. The van der Waals surface area contributed by atoms with E-state index >= 15 is 0 Å². The van der Waals surface area contributed by atoms with Crippen molar-refractivity contribution in [2.45, 2.75) is 57.2 Å². The number of hydrogen-bond donors (Lipinski definition) is 5. The molecule has 0 unspecified atom stereocenters. The Bertz CT molecular complexity index is 377. The van der Waals surface area contributed by atoms with Gasteiger partial charge < -0.3 is 30.3 Å². The third-order valence-electron chi connectivity index (χ3n) is 3.63. The fraction of sp³-hybridized carbons (Fsp3) is 0.769. The van der Waals surface area contributed by atoms with Crippen LogP contribution in [0.25, 0.3) is 0 Å². The molecule has 5 atom stereocenters. The van der Waals surface area contributed by atoms with Gasteiger partial charge in [-0.15, -0.1) is 0 Å². The monoisotopic (exact) mass is 290 g/mol. The van der Waals surface area contributed by atoms with E-state index in [-0.39, 0.29) is 12.0 Å². The summed E-state index contributed by atoms with van der Waals surface area (Å²) in [6, 6.07) is 0. The first-order valence-corrected chi connectivity index (χ1v) is 6.55. The minimum atomic E-state index is -1.44. The maximum Gasteiger partial charge on any atom is 0.331 e. The van der Waals surface area contributed by atoms with Crippen LogP contribution in [0.4, 0.5) is 0 Å². The van der Waals surface area contributed by atoms with Crippen LogP contribution in [0, 0.1) is 0 Å². The lowest BCUT2D eigenvalue weighted by Gasteiger charge is -2.40. The predicted molar refractivity (Wildman–Crippen MR) is 69.0 cm³/mol. The first-order valence-electron chi connectivity index (χ1n) is 6.55. The van der Waals surface area contributed by atoms with E-state index in [1.54, 1.807) is 13.8 Å². The number of aliphatic hydroxyl groups excluding tert-OH is 4. The van der Waals surface area contributed by atoms with E-state index in [0.717, 1.165) is 0 Å². The van der Waals surface area contributed by atoms with Gasteiger partial charge in [-0.1, -0.05) is 12.5 Å². The molecule has 1 heterocycles. The molecule has 0 saturated carbocycles. The average molecular weight is 290 g/mol. The van der Waals surface area contributed by atoms with Crippen molar-refractivity contribution in [1.82, 2.24) is 0 Å². The number of aliphatic hydroxyl groups is 4. The molecule has 1 aliphatic heterocycles. The van der Waals surface area contributed by atoms with E-state index in [9.17, 15) is 20.1 Å². The zero-order chi connectivity index (χ0) is 15.4. The van der Waals surface area contributed by atoms with Crippen LogP contribution >= 0.6 is 0 Å². The minimum Gasteiger partial charge on any atom is -0.478 e. The molecule has 5 N–H and O–H groups in total. The lowest BCUT2D eigenvalue weighted by atomic mass is 9.90. The molecule has 1 fully saturated rings. The highest BCUT2D eigenvalue weighted by molar-refractivity contribution is 5.87. The van der Waals surface area contributed by atoms with Crippen LogP contribution in [0.15, 0.2) is 11.1 Å². The molecule has 0 amide bonds. The molecule has 7 nitrogen and oxygen atoms in total. The molecule has 116 valence electrons. The van der Waals surface area contributed by atoms with Crippen molar-refractivity contribution in [3.63, 3.8) is 0 Å². The molecule has 0 bridgehead atoms. The SMILES string of the molecule is CCC(C(=O)O)=C(C)C[C@@H]1O[C@H](CO)[C@H](O)[C@H](O)[C@H]1O. The molecule has 0 aromatic carbocycles. The summed E-state index contributed by atoms with van der Waals surface area (Å²) in [5.41, 5.74) is 0.756. The summed E-state index contributed by atoms with van der Waals surface area (Å²) in [5, 5.41) is 47.3. The highest BCUT2D eigenvalue weighted by Crippen LogP contribution is 2.26. The van der Waals surface area contributed by atoms with Crippen molar-refractivity contribution in [2.75, 3.05) is 6.61 Å². The number of carboxylic acids is 1. The summed E-state index contributed by atoms with van der Waals surface area (Å²) in [5.74, 6) is -1.03. The molecule has 1 rings (SSSR count). The first kappa shape index (κ1) is 17.1. The van der Waals surface area contributed by atoms with E-state index in [2.05, 4.69) is 0 Å². The van der Waals surface area contributed by atoms with E-state index in [1.165, 1.54) is 0 Å². The highest BCUT2D eigenvalue weighted by atomic mass is 16.5. The zero-order valence-corrected chi connectivity index (χ0v) is 11.6. The summed E-state index contributed by atoms with van der Waals surface area (Å²) < 4.78 is 5.34. The second-order valence-electron chi connectivity index (χ2n) is 4.99. The Kier molecular flexibility index (Phi) is 6.09. The second-order valence-corrected chi connectivity index (χ2v) is 4.99. The summed E-state index contributed by atoms with van der Waals surface area (Å²) in [6.45, 7) is 2.83. The molecule has 1 aliphatic rings. The van der Waals surface area contributed by atoms with Crippen molar-refractivity contribution in [1.29, 1.82) is 0 Å². The van der Waals surface area contributed by atoms with Gasteiger partial charge in [0.1, 0.15) is 24.4 Å². The summed E-state index contributed by atoms with van der Waals surface area (Å²) in [7, 11) is 0. The van der Waals surface area contributed by atoms with Gasteiger partial charge in [-0.2, -0.15) is 0 Å². The van der Waals surface area contributed by atoms with Crippen LogP contribution in [0.5, 0.6) is 0 Å². The molecule has 20 heavy (non-hydrogen) atoms. The molecule has 0 aromatic rings. The topological polar surface area (TPSA) is 127 Å².